The number of ether oxygens (including phenoxy) is 2. The van der Waals surface area contributed by atoms with Gasteiger partial charge in [0.15, 0.2) is 11.6 Å². The van der Waals surface area contributed by atoms with Gasteiger partial charge in [-0.15, -0.1) is 0 Å². The Kier molecular flexibility index (Phi) is 5.69. The molecule has 0 amide bonds. The number of halogens is 1. The van der Waals surface area contributed by atoms with Gasteiger partial charge in [0.2, 0.25) is 0 Å². The van der Waals surface area contributed by atoms with E-state index in [9.17, 15) is 9.59 Å². The summed E-state index contributed by atoms with van der Waals surface area (Å²) in [5.74, 6) is 5.60. The Morgan fingerprint density at radius 3 is 2.61 bits per heavy atom. The summed E-state index contributed by atoms with van der Waals surface area (Å²) in [6.07, 6.45) is 1.58. The first-order chi connectivity index (χ1) is 14.8. The van der Waals surface area contributed by atoms with Gasteiger partial charge in [-0.25, -0.2) is 9.18 Å². The third-order valence-electron chi connectivity index (χ3n) is 6.45. The molecule has 0 bridgehead atoms. The zero-order valence-electron chi connectivity index (χ0n) is 18.1. The fraction of sp³-hybridized carbons (Fsp3) is 0.619. The second-order valence-corrected chi connectivity index (χ2v) is 8.56. The smallest absolute Gasteiger partial charge is 0.350 e. The number of methoxy groups -OCH3 is 1. The molecule has 2 aromatic rings. The zero-order valence-corrected chi connectivity index (χ0v) is 18.1. The van der Waals surface area contributed by atoms with Crippen LogP contribution in [0.5, 0.6) is 5.75 Å². The Morgan fingerprint density at radius 2 is 2.00 bits per heavy atom. The van der Waals surface area contributed by atoms with Crippen LogP contribution in [0.3, 0.4) is 0 Å². The van der Waals surface area contributed by atoms with Gasteiger partial charge in [-0.1, -0.05) is 6.92 Å². The van der Waals surface area contributed by atoms with Crippen LogP contribution >= 0.6 is 0 Å². The van der Waals surface area contributed by atoms with Crippen LogP contribution in [0.4, 0.5) is 10.1 Å². The molecule has 1 saturated heterocycles. The summed E-state index contributed by atoms with van der Waals surface area (Å²) >= 11 is 0. The molecule has 2 aliphatic rings. The highest BCUT2D eigenvalue weighted by molar-refractivity contribution is 5.91. The Hall–Kier alpha value is -2.59. The second kappa shape index (κ2) is 8.16. The number of nitrogens with two attached hydrogens (primary N) is 2. The van der Waals surface area contributed by atoms with Gasteiger partial charge in [0.25, 0.3) is 5.56 Å². The number of hydrogen-bond donors (Lipinski definition) is 2. The van der Waals surface area contributed by atoms with E-state index in [1.807, 2.05) is 11.8 Å². The van der Waals surface area contributed by atoms with E-state index in [1.54, 1.807) is 0 Å². The number of fused-ring (bicyclic) bond motifs is 1. The Balaban J connectivity index is 1.85. The SMILES string of the molecule is CCOC[C@@H](N)[C@H]1CN(c2c(F)cc3c(=O)n(N)c(=O)n(C4CC4)c3c2OC)C[C@@H]1C. The van der Waals surface area contributed by atoms with Crippen LogP contribution in [0, 0.1) is 17.7 Å². The highest BCUT2D eigenvalue weighted by atomic mass is 19.1. The molecule has 31 heavy (non-hydrogen) atoms. The van der Waals surface area contributed by atoms with Crippen molar-refractivity contribution in [3.05, 3.63) is 32.7 Å². The van der Waals surface area contributed by atoms with Gasteiger partial charge in [-0.2, -0.15) is 4.68 Å². The van der Waals surface area contributed by atoms with Gasteiger partial charge in [-0.05, 0) is 37.7 Å². The van der Waals surface area contributed by atoms with Gasteiger partial charge >= 0.3 is 5.69 Å². The molecule has 170 valence electrons. The highest BCUT2D eigenvalue weighted by Crippen LogP contribution is 2.44. The Bertz CT molecular complexity index is 1110. The van der Waals surface area contributed by atoms with E-state index < -0.39 is 17.1 Å². The van der Waals surface area contributed by atoms with Gasteiger partial charge in [0.05, 0.1) is 19.1 Å². The molecule has 1 aliphatic carbocycles. The average Bonchev–Trinajstić information content (AvgIpc) is 3.51. The predicted molar refractivity (Wildman–Crippen MR) is 117 cm³/mol. The van der Waals surface area contributed by atoms with Crippen LogP contribution < -0.4 is 32.5 Å². The Labute approximate surface area is 179 Å². The molecule has 3 atom stereocenters. The minimum absolute atomic E-state index is 0.0314. The molecule has 4 rings (SSSR count). The van der Waals surface area contributed by atoms with Crippen molar-refractivity contribution >= 4 is 16.6 Å². The molecule has 2 heterocycles. The van der Waals surface area contributed by atoms with Crippen molar-refractivity contribution < 1.29 is 13.9 Å². The summed E-state index contributed by atoms with van der Waals surface area (Å²) in [6.45, 7) is 6.12. The van der Waals surface area contributed by atoms with Gasteiger partial charge in [-0.3, -0.25) is 9.36 Å². The lowest BCUT2D eigenvalue weighted by molar-refractivity contribution is 0.113. The maximum Gasteiger partial charge on any atom is 0.350 e. The fourth-order valence-corrected chi connectivity index (χ4v) is 4.71. The monoisotopic (exact) mass is 435 g/mol. The molecule has 1 aromatic carbocycles. The number of aromatic nitrogens is 2. The largest absolute Gasteiger partial charge is 0.492 e. The number of nitrogens with zero attached hydrogens (tertiary/aromatic N) is 3. The lowest BCUT2D eigenvalue weighted by atomic mass is 9.91. The summed E-state index contributed by atoms with van der Waals surface area (Å²) in [5.41, 5.74) is 5.52. The molecule has 2 fully saturated rings. The van der Waals surface area contributed by atoms with Crippen molar-refractivity contribution in [2.75, 3.05) is 44.2 Å². The van der Waals surface area contributed by atoms with E-state index in [0.717, 1.165) is 18.9 Å². The molecule has 10 heteroatoms. The second-order valence-electron chi connectivity index (χ2n) is 8.56. The van der Waals surface area contributed by atoms with Gasteiger partial charge in [0, 0.05) is 31.8 Å². The standard InChI is InChI=1S/C21H30FN5O4/c1-4-31-10-16(23)14-9-25(8-11(14)2)18-15(22)7-13-17(19(18)30-3)26(12-5-6-12)21(29)27(24)20(13)28/h7,11-12,14,16H,4-6,8-10,23-24H2,1-3H3/t11-,14-,16+/m0/s1. The first-order valence-electron chi connectivity index (χ1n) is 10.7. The highest BCUT2D eigenvalue weighted by Gasteiger charge is 2.38. The van der Waals surface area contributed by atoms with E-state index in [0.29, 0.717) is 36.5 Å². The molecule has 1 aromatic heterocycles. The first-order valence-corrected chi connectivity index (χ1v) is 10.7. The summed E-state index contributed by atoms with van der Waals surface area (Å²) in [6, 6.07) is 0.904. The number of anilines is 1. The van der Waals surface area contributed by atoms with E-state index in [-0.39, 0.29) is 40.7 Å². The zero-order chi connectivity index (χ0) is 22.4. The van der Waals surface area contributed by atoms with Crippen LogP contribution in [0.2, 0.25) is 0 Å². The molecular formula is C21H30FN5O4. The van der Waals surface area contributed by atoms with Crippen molar-refractivity contribution in [3.63, 3.8) is 0 Å². The van der Waals surface area contributed by atoms with Crippen LogP contribution in [-0.2, 0) is 4.74 Å². The van der Waals surface area contributed by atoms with E-state index in [4.69, 9.17) is 21.1 Å². The Morgan fingerprint density at radius 1 is 1.29 bits per heavy atom. The number of hydrogen-bond acceptors (Lipinski definition) is 7. The lowest BCUT2D eigenvalue weighted by Gasteiger charge is -2.25. The minimum Gasteiger partial charge on any atom is -0.492 e. The molecule has 4 N–H and O–H groups in total. The summed E-state index contributed by atoms with van der Waals surface area (Å²) < 4.78 is 28.5. The third-order valence-corrected chi connectivity index (χ3v) is 6.45. The quantitative estimate of drug-likeness (QED) is 0.618. The van der Waals surface area contributed by atoms with Crippen LogP contribution in [0.1, 0.15) is 32.7 Å². The van der Waals surface area contributed by atoms with Crippen molar-refractivity contribution in [1.82, 2.24) is 9.24 Å². The van der Waals surface area contributed by atoms with Crippen molar-refractivity contribution in [1.29, 1.82) is 0 Å². The topological polar surface area (TPSA) is 118 Å². The molecule has 1 aliphatic heterocycles. The summed E-state index contributed by atoms with van der Waals surface area (Å²) in [7, 11) is 1.42. The van der Waals surface area contributed by atoms with E-state index >= 15 is 4.39 Å². The maximum atomic E-state index is 15.4. The minimum atomic E-state index is -0.743. The third kappa shape index (κ3) is 3.57. The number of rotatable bonds is 7. The molecule has 9 nitrogen and oxygen atoms in total. The van der Waals surface area contributed by atoms with Crippen molar-refractivity contribution in [2.45, 2.75) is 38.8 Å². The van der Waals surface area contributed by atoms with Crippen molar-refractivity contribution in [2.24, 2.45) is 17.6 Å². The first kappa shape index (κ1) is 21.6. The van der Waals surface area contributed by atoms with Crippen LogP contribution in [-0.4, -0.2) is 48.7 Å². The summed E-state index contributed by atoms with van der Waals surface area (Å²) in [4.78, 5) is 27.3. The normalized spacial score (nSPS) is 22.3. The fourth-order valence-electron chi connectivity index (χ4n) is 4.71. The van der Waals surface area contributed by atoms with Gasteiger partial charge in [0.1, 0.15) is 11.2 Å². The van der Waals surface area contributed by atoms with Crippen LogP contribution in [0.25, 0.3) is 10.9 Å². The lowest BCUT2D eigenvalue weighted by Crippen LogP contribution is -2.44. The predicted octanol–water partition coefficient (Wildman–Crippen LogP) is 0.796. The van der Waals surface area contributed by atoms with Gasteiger partial charge < -0.3 is 25.9 Å². The van der Waals surface area contributed by atoms with E-state index in [1.165, 1.54) is 11.7 Å². The van der Waals surface area contributed by atoms with Crippen molar-refractivity contribution in [3.8, 4) is 5.75 Å². The molecule has 0 spiro atoms. The molecule has 0 unspecified atom stereocenters. The molecule has 0 radical (unpaired) electrons. The molecule has 1 saturated carbocycles. The number of nitrogen functional groups attached to an aromatic ring is 1. The summed E-state index contributed by atoms with van der Waals surface area (Å²) in [5, 5.41) is 0.0314. The maximum absolute atomic E-state index is 15.4. The molecular weight excluding hydrogens is 405 g/mol. The average molecular weight is 436 g/mol. The van der Waals surface area contributed by atoms with Crippen LogP contribution in [0.15, 0.2) is 15.7 Å². The van der Waals surface area contributed by atoms with E-state index in [2.05, 4.69) is 6.92 Å². The number of benzene rings is 1.